The second kappa shape index (κ2) is 7.98. The number of fused-ring (bicyclic) bond motifs is 1. The topological polar surface area (TPSA) is 86.1 Å². The number of nitrogens with one attached hydrogen (secondary N) is 1. The first-order valence-electron chi connectivity index (χ1n) is 8.85. The molecule has 0 saturated heterocycles. The van der Waals surface area contributed by atoms with E-state index in [-0.39, 0.29) is 6.04 Å². The van der Waals surface area contributed by atoms with Crippen LogP contribution < -0.4 is 5.32 Å². The average molecular weight is 401 g/mol. The van der Waals surface area contributed by atoms with Crippen LogP contribution in [0.25, 0.3) is 11.0 Å². The molecule has 146 valence electrons. The number of ether oxygens (including phenoxy) is 1. The molecule has 28 heavy (non-hydrogen) atoms. The van der Waals surface area contributed by atoms with Crippen LogP contribution >= 0.6 is 11.6 Å². The number of nitrogens with zero attached hydrogens (tertiary/aromatic N) is 3. The zero-order valence-corrected chi connectivity index (χ0v) is 16.9. The summed E-state index contributed by atoms with van der Waals surface area (Å²) in [5.74, 6) is -1.05. The fraction of sp³-hybridized carbons (Fsp3) is 0.300. The number of anilines is 1. The fourth-order valence-electron chi connectivity index (χ4n) is 2.83. The maximum atomic E-state index is 12.6. The molecule has 0 aliphatic heterocycles. The van der Waals surface area contributed by atoms with E-state index in [4.69, 9.17) is 16.3 Å². The quantitative estimate of drug-likeness (QED) is 0.652. The lowest BCUT2D eigenvalue weighted by molar-refractivity contribution is -0.119. The van der Waals surface area contributed by atoms with Crippen LogP contribution in [0, 0.1) is 13.8 Å². The van der Waals surface area contributed by atoms with Crippen molar-refractivity contribution in [1.29, 1.82) is 0 Å². The van der Waals surface area contributed by atoms with Crippen molar-refractivity contribution in [3.05, 3.63) is 52.3 Å². The molecule has 3 rings (SSSR count). The first kappa shape index (κ1) is 19.8. The number of hydrogen-bond donors (Lipinski definition) is 1. The lowest BCUT2D eigenvalue weighted by atomic mass is 10.1. The smallest absolute Gasteiger partial charge is 0.339 e. The monoisotopic (exact) mass is 400 g/mol. The van der Waals surface area contributed by atoms with Gasteiger partial charge in [-0.1, -0.05) is 17.7 Å². The van der Waals surface area contributed by atoms with E-state index in [0.717, 1.165) is 5.56 Å². The molecule has 0 unspecified atom stereocenters. The Labute approximate surface area is 167 Å². The second-order valence-electron chi connectivity index (χ2n) is 6.77. The molecular weight excluding hydrogens is 380 g/mol. The number of aryl methyl sites for hydroxylation is 1. The zero-order chi connectivity index (χ0) is 20.4. The Morgan fingerprint density at radius 1 is 1.29 bits per heavy atom. The summed E-state index contributed by atoms with van der Waals surface area (Å²) in [6.07, 6.45) is 1.59. The van der Waals surface area contributed by atoms with Crippen molar-refractivity contribution in [2.45, 2.75) is 33.7 Å². The normalized spacial score (nSPS) is 11.1. The van der Waals surface area contributed by atoms with E-state index in [1.807, 2.05) is 13.8 Å². The van der Waals surface area contributed by atoms with Gasteiger partial charge in [0.1, 0.15) is 0 Å². The van der Waals surface area contributed by atoms with Crippen LogP contribution in [-0.4, -0.2) is 33.2 Å². The highest BCUT2D eigenvalue weighted by molar-refractivity contribution is 6.31. The Balaban J connectivity index is 1.75. The molecular formula is C20H21ClN4O3. The molecule has 8 heteroatoms. The van der Waals surface area contributed by atoms with Gasteiger partial charge in [0.15, 0.2) is 12.3 Å². The van der Waals surface area contributed by atoms with Gasteiger partial charge < -0.3 is 10.1 Å². The van der Waals surface area contributed by atoms with E-state index < -0.39 is 18.5 Å². The molecule has 0 fully saturated rings. The lowest BCUT2D eigenvalue weighted by Crippen LogP contribution is -2.21. The van der Waals surface area contributed by atoms with E-state index in [2.05, 4.69) is 15.4 Å². The predicted molar refractivity (Wildman–Crippen MR) is 108 cm³/mol. The summed E-state index contributed by atoms with van der Waals surface area (Å²) >= 11 is 6.05. The summed E-state index contributed by atoms with van der Waals surface area (Å²) < 4.78 is 6.96. The van der Waals surface area contributed by atoms with Crippen molar-refractivity contribution in [3.8, 4) is 0 Å². The molecule has 1 N–H and O–H groups in total. The Bertz CT molecular complexity index is 1060. The van der Waals surface area contributed by atoms with E-state index in [1.54, 1.807) is 49.0 Å². The highest BCUT2D eigenvalue weighted by Gasteiger charge is 2.19. The number of carbonyl (C=O) groups excluding carboxylic acids is 2. The van der Waals surface area contributed by atoms with Crippen LogP contribution in [0.1, 0.15) is 41.5 Å². The van der Waals surface area contributed by atoms with Crippen LogP contribution in [0.4, 0.5) is 5.69 Å². The molecule has 0 spiro atoms. The summed E-state index contributed by atoms with van der Waals surface area (Å²) in [5, 5.41) is 8.14. The molecule has 0 radical (unpaired) electrons. The summed E-state index contributed by atoms with van der Waals surface area (Å²) in [6.45, 7) is 7.15. The highest BCUT2D eigenvalue weighted by Crippen LogP contribution is 2.23. The minimum Gasteiger partial charge on any atom is -0.452 e. The van der Waals surface area contributed by atoms with Gasteiger partial charge >= 0.3 is 5.97 Å². The summed E-state index contributed by atoms with van der Waals surface area (Å²) in [6, 6.07) is 6.94. The van der Waals surface area contributed by atoms with E-state index in [1.165, 1.54) is 0 Å². The van der Waals surface area contributed by atoms with Crippen molar-refractivity contribution < 1.29 is 14.3 Å². The molecule has 0 saturated carbocycles. The van der Waals surface area contributed by atoms with E-state index in [0.29, 0.717) is 33.0 Å². The third-order valence-electron chi connectivity index (χ3n) is 4.28. The number of amides is 1. The number of carbonyl (C=O) groups is 2. The van der Waals surface area contributed by atoms with Crippen molar-refractivity contribution in [3.63, 3.8) is 0 Å². The largest absolute Gasteiger partial charge is 0.452 e. The molecule has 0 bridgehead atoms. The van der Waals surface area contributed by atoms with Crippen molar-refractivity contribution >= 4 is 40.2 Å². The van der Waals surface area contributed by atoms with Crippen molar-refractivity contribution in [2.75, 3.05) is 11.9 Å². The van der Waals surface area contributed by atoms with Gasteiger partial charge in [-0.25, -0.2) is 14.5 Å². The summed E-state index contributed by atoms with van der Waals surface area (Å²) in [4.78, 5) is 29.2. The third-order valence-corrected chi connectivity index (χ3v) is 4.69. The van der Waals surface area contributed by atoms with Gasteiger partial charge in [-0.2, -0.15) is 5.10 Å². The van der Waals surface area contributed by atoms with E-state index >= 15 is 0 Å². The van der Waals surface area contributed by atoms with Crippen LogP contribution in [-0.2, 0) is 9.53 Å². The minimum absolute atomic E-state index is 0.0994. The molecule has 0 atom stereocenters. The number of benzene rings is 1. The van der Waals surface area contributed by atoms with Gasteiger partial charge in [0.05, 0.1) is 17.1 Å². The molecule has 2 aromatic heterocycles. The van der Waals surface area contributed by atoms with Gasteiger partial charge in [0, 0.05) is 22.4 Å². The van der Waals surface area contributed by atoms with Crippen LogP contribution in [0.2, 0.25) is 5.02 Å². The molecule has 3 aromatic rings. The van der Waals surface area contributed by atoms with Gasteiger partial charge in [-0.15, -0.1) is 0 Å². The average Bonchev–Trinajstić information content (AvgIpc) is 3.06. The standard InChI is InChI=1S/C20H21ClN4O3/c1-11(2)25-19-15(9-22-25)14(8-12(3)23-19)20(27)28-10-18(26)24-17-7-5-6-16(21)13(17)4/h5-9,11H,10H2,1-4H3,(H,24,26). The Kier molecular flexibility index (Phi) is 5.65. The number of hydrogen-bond acceptors (Lipinski definition) is 5. The van der Waals surface area contributed by atoms with E-state index in [9.17, 15) is 9.59 Å². The maximum Gasteiger partial charge on any atom is 0.339 e. The summed E-state index contributed by atoms with van der Waals surface area (Å²) in [5.41, 5.74) is 2.94. The number of esters is 1. The zero-order valence-electron chi connectivity index (χ0n) is 16.1. The van der Waals surface area contributed by atoms with Crippen LogP contribution in [0.3, 0.4) is 0 Å². The first-order chi connectivity index (χ1) is 13.3. The molecule has 2 heterocycles. The number of rotatable bonds is 5. The highest BCUT2D eigenvalue weighted by atomic mass is 35.5. The van der Waals surface area contributed by atoms with Gasteiger partial charge in [0.25, 0.3) is 5.91 Å². The summed E-state index contributed by atoms with van der Waals surface area (Å²) in [7, 11) is 0. The van der Waals surface area contributed by atoms with Crippen molar-refractivity contribution in [2.24, 2.45) is 0 Å². The molecule has 1 aromatic carbocycles. The first-order valence-corrected chi connectivity index (χ1v) is 9.22. The number of halogens is 1. The SMILES string of the molecule is Cc1cc(C(=O)OCC(=O)Nc2cccc(Cl)c2C)c2cnn(C(C)C)c2n1. The lowest BCUT2D eigenvalue weighted by Gasteiger charge is -2.11. The minimum atomic E-state index is -0.600. The maximum absolute atomic E-state index is 12.6. The number of aromatic nitrogens is 3. The van der Waals surface area contributed by atoms with Gasteiger partial charge in [-0.05, 0) is 51.5 Å². The fourth-order valence-corrected chi connectivity index (χ4v) is 3.00. The van der Waals surface area contributed by atoms with Crippen LogP contribution in [0.5, 0.6) is 0 Å². The van der Waals surface area contributed by atoms with Gasteiger partial charge in [-0.3, -0.25) is 4.79 Å². The molecule has 7 nitrogen and oxygen atoms in total. The number of pyridine rings is 1. The Hall–Kier alpha value is -2.93. The Morgan fingerprint density at radius 2 is 2.04 bits per heavy atom. The molecule has 1 amide bonds. The Morgan fingerprint density at radius 3 is 2.75 bits per heavy atom. The van der Waals surface area contributed by atoms with Crippen molar-refractivity contribution in [1.82, 2.24) is 14.8 Å². The molecule has 0 aliphatic rings. The molecule has 0 aliphatic carbocycles. The third kappa shape index (κ3) is 3.99. The predicted octanol–water partition coefficient (Wildman–Crippen LogP) is 4.08. The van der Waals surface area contributed by atoms with Gasteiger partial charge in [0.2, 0.25) is 0 Å². The second-order valence-corrected chi connectivity index (χ2v) is 7.18. The van der Waals surface area contributed by atoms with Crippen LogP contribution in [0.15, 0.2) is 30.5 Å².